The highest BCUT2D eigenvalue weighted by Gasteiger charge is 2.42. The van der Waals surface area contributed by atoms with E-state index in [1.54, 1.807) is 6.07 Å². The molecule has 0 spiro atoms. The minimum Gasteiger partial charge on any atom is -0.456 e. The molecule has 1 heterocycles. The van der Waals surface area contributed by atoms with E-state index in [-0.39, 0.29) is 19.3 Å². The average molecular weight is 398 g/mol. The fourth-order valence-electron chi connectivity index (χ4n) is 2.82. The number of esters is 1. The molecule has 1 N–H and O–H groups in total. The summed E-state index contributed by atoms with van der Waals surface area (Å²) in [5.41, 5.74) is 0. The topological polar surface area (TPSA) is 55.4 Å². The molecule has 1 saturated carbocycles. The zero-order chi connectivity index (χ0) is 18.4. The van der Waals surface area contributed by atoms with Crippen LogP contribution in [0.5, 0.6) is 0 Å². The van der Waals surface area contributed by atoms with Gasteiger partial charge in [-0.1, -0.05) is 18.0 Å². The highest BCUT2D eigenvalue weighted by atomic mass is 35.5. The van der Waals surface area contributed by atoms with Crippen molar-refractivity contribution in [2.75, 3.05) is 6.61 Å². The molecule has 4 nitrogen and oxygen atoms in total. The summed E-state index contributed by atoms with van der Waals surface area (Å²) in [5, 5.41) is 2.52. The molecule has 9 heteroatoms. The first-order valence-corrected chi connectivity index (χ1v) is 9.19. The average Bonchev–Trinajstić information content (AvgIpc) is 2.96. The van der Waals surface area contributed by atoms with Crippen LogP contribution in [0, 0.1) is 5.92 Å². The lowest BCUT2D eigenvalue weighted by Crippen LogP contribution is -2.43. The number of hydrogen-bond donors (Lipinski definition) is 1. The monoisotopic (exact) mass is 397 g/mol. The van der Waals surface area contributed by atoms with Crippen molar-refractivity contribution < 1.29 is 27.5 Å². The van der Waals surface area contributed by atoms with Gasteiger partial charge in [-0.15, -0.1) is 11.3 Å². The highest BCUT2D eigenvalue weighted by Crippen LogP contribution is 2.37. The second kappa shape index (κ2) is 8.89. The fourth-order valence-corrected chi connectivity index (χ4v) is 3.90. The van der Waals surface area contributed by atoms with Crippen LogP contribution in [0.4, 0.5) is 13.2 Å². The molecule has 2 unspecified atom stereocenters. The molecule has 1 aliphatic carbocycles. The lowest BCUT2D eigenvalue weighted by Gasteiger charge is -2.30. The summed E-state index contributed by atoms with van der Waals surface area (Å²) in [6, 6.07) is 3.02. The van der Waals surface area contributed by atoms with E-state index in [9.17, 15) is 22.8 Å². The van der Waals surface area contributed by atoms with Gasteiger partial charge in [-0.25, -0.2) is 0 Å². The molecule has 1 aliphatic rings. The first kappa shape index (κ1) is 20.0. The van der Waals surface area contributed by atoms with Crippen LogP contribution in [-0.2, 0) is 20.7 Å². The summed E-state index contributed by atoms with van der Waals surface area (Å²) < 4.78 is 43.7. The maximum absolute atomic E-state index is 12.7. The third-order valence-corrected chi connectivity index (χ3v) is 5.36. The Balaban J connectivity index is 1.67. The van der Waals surface area contributed by atoms with E-state index in [1.165, 1.54) is 11.3 Å². The highest BCUT2D eigenvalue weighted by molar-refractivity contribution is 7.16. The van der Waals surface area contributed by atoms with E-state index in [2.05, 4.69) is 5.32 Å². The van der Waals surface area contributed by atoms with Crippen molar-refractivity contribution in [3.05, 3.63) is 21.3 Å². The van der Waals surface area contributed by atoms with Crippen LogP contribution in [0.25, 0.3) is 0 Å². The van der Waals surface area contributed by atoms with Gasteiger partial charge in [-0.05, 0) is 37.8 Å². The Hall–Kier alpha value is -1.28. The lowest BCUT2D eigenvalue weighted by molar-refractivity contribution is -0.184. The number of alkyl halides is 3. The van der Waals surface area contributed by atoms with Crippen molar-refractivity contribution in [2.45, 2.75) is 50.7 Å². The summed E-state index contributed by atoms with van der Waals surface area (Å²) >= 11 is 7.15. The molecular weight excluding hydrogens is 379 g/mol. The SMILES string of the molecule is O=C(COC(=O)CCc1ccc(Cl)s1)NC1CCCC(C(F)(F)F)C1. The van der Waals surface area contributed by atoms with Crippen LogP contribution < -0.4 is 5.32 Å². The number of halogens is 4. The van der Waals surface area contributed by atoms with E-state index in [0.29, 0.717) is 23.6 Å². The molecule has 1 amide bonds. The molecule has 1 aromatic rings. The Morgan fingerprint density at radius 3 is 2.72 bits per heavy atom. The van der Waals surface area contributed by atoms with Gasteiger partial charge in [0.05, 0.1) is 16.7 Å². The van der Waals surface area contributed by atoms with Crippen molar-refractivity contribution in [2.24, 2.45) is 5.92 Å². The summed E-state index contributed by atoms with van der Waals surface area (Å²) in [6.07, 6.45) is -2.76. The Bertz CT molecular complexity index is 606. The zero-order valence-corrected chi connectivity index (χ0v) is 15.0. The van der Waals surface area contributed by atoms with Crippen LogP contribution in [-0.4, -0.2) is 30.7 Å². The van der Waals surface area contributed by atoms with Crippen molar-refractivity contribution in [1.29, 1.82) is 0 Å². The van der Waals surface area contributed by atoms with Crippen LogP contribution in [0.3, 0.4) is 0 Å². The number of hydrogen-bond acceptors (Lipinski definition) is 4. The normalized spacial score (nSPS) is 21.0. The molecule has 0 aromatic carbocycles. The molecule has 2 atom stereocenters. The van der Waals surface area contributed by atoms with Crippen molar-refractivity contribution >= 4 is 34.8 Å². The van der Waals surface area contributed by atoms with Crippen LogP contribution in [0.15, 0.2) is 12.1 Å². The number of ether oxygens (including phenoxy) is 1. The second-order valence-corrected chi connectivity index (χ2v) is 7.84. The fraction of sp³-hybridized carbons (Fsp3) is 0.625. The number of aryl methyl sites for hydroxylation is 1. The molecule has 0 aliphatic heterocycles. The van der Waals surface area contributed by atoms with Crippen LogP contribution in [0.1, 0.15) is 37.0 Å². The van der Waals surface area contributed by atoms with Crippen molar-refractivity contribution in [1.82, 2.24) is 5.32 Å². The molecule has 25 heavy (non-hydrogen) atoms. The number of carbonyl (C=O) groups is 2. The van der Waals surface area contributed by atoms with E-state index in [4.69, 9.17) is 16.3 Å². The first-order chi connectivity index (χ1) is 11.7. The third kappa shape index (κ3) is 6.86. The van der Waals surface area contributed by atoms with E-state index >= 15 is 0 Å². The Morgan fingerprint density at radius 2 is 2.08 bits per heavy atom. The number of nitrogens with one attached hydrogen (secondary N) is 1. The minimum atomic E-state index is -4.24. The van der Waals surface area contributed by atoms with Gasteiger partial charge in [0.25, 0.3) is 5.91 Å². The van der Waals surface area contributed by atoms with E-state index < -0.39 is 36.6 Å². The van der Waals surface area contributed by atoms with E-state index in [0.717, 1.165) is 4.88 Å². The minimum absolute atomic E-state index is 0.0948. The van der Waals surface area contributed by atoms with Gasteiger partial charge in [0.1, 0.15) is 0 Å². The number of carbonyl (C=O) groups excluding carboxylic acids is 2. The predicted molar refractivity (Wildman–Crippen MR) is 88.6 cm³/mol. The summed E-state index contributed by atoms with van der Waals surface area (Å²) in [4.78, 5) is 24.3. The summed E-state index contributed by atoms with van der Waals surface area (Å²) in [6.45, 7) is -0.475. The third-order valence-electron chi connectivity index (χ3n) is 4.07. The van der Waals surface area contributed by atoms with E-state index in [1.807, 2.05) is 6.07 Å². The molecule has 140 valence electrons. The van der Waals surface area contributed by atoms with Crippen LogP contribution >= 0.6 is 22.9 Å². The van der Waals surface area contributed by atoms with Gasteiger partial charge in [-0.2, -0.15) is 13.2 Å². The molecular formula is C16H19ClF3NO3S. The number of rotatable bonds is 6. The van der Waals surface area contributed by atoms with Gasteiger partial charge in [-0.3, -0.25) is 9.59 Å². The standard InChI is InChI=1S/C16H19ClF3NO3S/c17-13-6-4-12(25-13)5-7-15(23)24-9-14(22)21-11-3-1-2-10(8-11)16(18,19)20/h4,6,10-11H,1-3,5,7-9H2,(H,21,22). The molecule has 0 bridgehead atoms. The predicted octanol–water partition coefficient (Wildman–Crippen LogP) is 4.11. The van der Waals surface area contributed by atoms with Gasteiger partial charge in [0.15, 0.2) is 6.61 Å². The smallest absolute Gasteiger partial charge is 0.391 e. The summed E-state index contributed by atoms with van der Waals surface area (Å²) in [7, 11) is 0. The largest absolute Gasteiger partial charge is 0.456 e. The number of amides is 1. The molecule has 1 aromatic heterocycles. The van der Waals surface area contributed by atoms with Gasteiger partial charge in [0.2, 0.25) is 0 Å². The zero-order valence-electron chi connectivity index (χ0n) is 13.4. The van der Waals surface area contributed by atoms with Crippen LogP contribution in [0.2, 0.25) is 4.34 Å². The molecule has 2 rings (SSSR count). The molecule has 0 saturated heterocycles. The number of thiophene rings is 1. The Kier molecular flexibility index (Phi) is 7.13. The first-order valence-electron chi connectivity index (χ1n) is 8.00. The quantitative estimate of drug-likeness (QED) is 0.735. The van der Waals surface area contributed by atoms with Gasteiger partial charge in [0, 0.05) is 10.9 Å². The second-order valence-electron chi connectivity index (χ2n) is 6.04. The van der Waals surface area contributed by atoms with Crippen molar-refractivity contribution in [3.8, 4) is 0 Å². The van der Waals surface area contributed by atoms with Gasteiger partial charge < -0.3 is 10.1 Å². The van der Waals surface area contributed by atoms with Gasteiger partial charge >= 0.3 is 12.1 Å². The maximum atomic E-state index is 12.7. The van der Waals surface area contributed by atoms with Crippen molar-refractivity contribution in [3.63, 3.8) is 0 Å². The Morgan fingerprint density at radius 1 is 1.32 bits per heavy atom. The summed E-state index contributed by atoms with van der Waals surface area (Å²) in [5.74, 6) is -2.48. The maximum Gasteiger partial charge on any atom is 0.391 e. The molecule has 1 fully saturated rings. The molecule has 0 radical (unpaired) electrons. The lowest BCUT2D eigenvalue weighted by atomic mass is 9.85. The Labute approximate surface area is 152 Å².